The smallest absolute Gasteiger partial charge is 0.237 e. The molecule has 2 rings (SSSR count). The van der Waals surface area contributed by atoms with Crippen molar-refractivity contribution in [3.8, 4) is 6.07 Å². The molecule has 1 aliphatic carbocycles. The predicted molar refractivity (Wildman–Crippen MR) is 57.1 cm³/mol. The molecule has 2 amide bonds. The topological polar surface area (TPSA) is 61.2 Å². The summed E-state index contributed by atoms with van der Waals surface area (Å²) in [5.41, 5.74) is -0.458. The first-order valence-electron chi connectivity index (χ1n) is 5.87. The SMILES string of the molecule is CC(C#N)N1C(=O)CC2(CCCCC2)C1=O. The number of carbonyl (C=O) groups is 2. The second-order valence-electron chi connectivity index (χ2n) is 4.89. The van der Waals surface area contributed by atoms with Gasteiger partial charge in [0.05, 0.1) is 11.5 Å². The summed E-state index contributed by atoms with van der Waals surface area (Å²) < 4.78 is 0. The predicted octanol–water partition coefficient (Wildman–Crippen LogP) is 1.61. The maximum absolute atomic E-state index is 12.2. The summed E-state index contributed by atoms with van der Waals surface area (Å²) in [5.74, 6) is -0.271. The van der Waals surface area contributed by atoms with Crippen LogP contribution in [0.4, 0.5) is 0 Å². The maximum atomic E-state index is 12.2. The molecular formula is C12H16N2O2. The van der Waals surface area contributed by atoms with Crippen molar-refractivity contribution < 1.29 is 9.59 Å². The minimum atomic E-state index is -0.624. The first-order chi connectivity index (χ1) is 7.60. The molecule has 86 valence electrons. The molecule has 1 spiro atoms. The number of nitriles is 1. The first-order valence-corrected chi connectivity index (χ1v) is 5.87. The second-order valence-corrected chi connectivity index (χ2v) is 4.89. The molecule has 1 heterocycles. The van der Waals surface area contributed by atoms with Gasteiger partial charge in [0.1, 0.15) is 6.04 Å². The van der Waals surface area contributed by atoms with Gasteiger partial charge in [0.2, 0.25) is 11.8 Å². The summed E-state index contributed by atoms with van der Waals surface area (Å²) >= 11 is 0. The average Bonchev–Trinajstić information content (AvgIpc) is 2.51. The van der Waals surface area contributed by atoms with E-state index in [0.29, 0.717) is 6.42 Å². The molecule has 1 aliphatic heterocycles. The van der Waals surface area contributed by atoms with Crippen molar-refractivity contribution in [2.75, 3.05) is 0 Å². The molecule has 0 aromatic rings. The number of nitrogens with zero attached hydrogens (tertiary/aromatic N) is 2. The van der Waals surface area contributed by atoms with Crippen LogP contribution in [0.5, 0.6) is 0 Å². The fourth-order valence-electron chi connectivity index (χ4n) is 2.89. The van der Waals surface area contributed by atoms with Crippen LogP contribution in [-0.4, -0.2) is 22.8 Å². The van der Waals surface area contributed by atoms with Gasteiger partial charge in [0.15, 0.2) is 0 Å². The van der Waals surface area contributed by atoms with E-state index in [1.54, 1.807) is 6.92 Å². The molecule has 0 aromatic carbocycles. The van der Waals surface area contributed by atoms with E-state index in [0.717, 1.165) is 32.1 Å². The highest BCUT2D eigenvalue weighted by molar-refractivity contribution is 6.06. The van der Waals surface area contributed by atoms with E-state index in [-0.39, 0.29) is 11.8 Å². The summed E-state index contributed by atoms with van der Waals surface area (Å²) in [4.78, 5) is 25.2. The minimum absolute atomic E-state index is 0.105. The Morgan fingerprint density at radius 1 is 1.31 bits per heavy atom. The van der Waals surface area contributed by atoms with Crippen molar-refractivity contribution in [2.24, 2.45) is 5.41 Å². The molecule has 4 nitrogen and oxygen atoms in total. The van der Waals surface area contributed by atoms with Gasteiger partial charge in [-0.15, -0.1) is 0 Å². The largest absolute Gasteiger partial charge is 0.274 e. The van der Waals surface area contributed by atoms with Gasteiger partial charge in [0.25, 0.3) is 0 Å². The molecule has 0 bridgehead atoms. The van der Waals surface area contributed by atoms with Crippen LogP contribution in [-0.2, 0) is 9.59 Å². The van der Waals surface area contributed by atoms with E-state index in [1.807, 2.05) is 6.07 Å². The fraction of sp³-hybridized carbons (Fsp3) is 0.750. The Kier molecular flexibility index (Phi) is 2.71. The molecule has 4 heteroatoms. The van der Waals surface area contributed by atoms with Crippen LogP contribution in [0.1, 0.15) is 45.4 Å². The van der Waals surface area contributed by atoms with Gasteiger partial charge in [-0.3, -0.25) is 14.5 Å². The number of likely N-dealkylation sites (tertiary alicyclic amines) is 1. The Bertz CT molecular complexity index is 364. The number of carbonyl (C=O) groups excluding carboxylic acids is 2. The van der Waals surface area contributed by atoms with E-state index >= 15 is 0 Å². The van der Waals surface area contributed by atoms with Crippen molar-refractivity contribution >= 4 is 11.8 Å². The van der Waals surface area contributed by atoms with Crippen LogP contribution in [0.25, 0.3) is 0 Å². The lowest BCUT2D eigenvalue weighted by atomic mass is 9.73. The highest BCUT2D eigenvalue weighted by Gasteiger charge is 2.52. The molecule has 2 fully saturated rings. The lowest BCUT2D eigenvalue weighted by Crippen LogP contribution is -2.41. The summed E-state index contributed by atoms with van der Waals surface area (Å²) in [6.45, 7) is 1.61. The molecule has 16 heavy (non-hydrogen) atoms. The lowest BCUT2D eigenvalue weighted by Gasteiger charge is -2.30. The fourth-order valence-corrected chi connectivity index (χ4v) is 2.89. The zero-order chi connectivity index (χ0) is 11.8. The Morgan fingerprint density at radius 3 is 2.50 bits per heavy atom. The van der Waals surface area contributed by atoms with Crippen molar-refractivity contribution in [3.63, 3.8) is 0 Å². The van der Waals surface area contributed by atoms with E-state index in [4.69, 9.17) is 5.26 Å². The van der Waals surface area contributed by atoms with Crippen LogP contribution in [0.2, 0.25) is 0 Å². The molecule has 1 saturated carbocycles. The van der Waals surface area contributed by atoms with Crippen LogP contribution < -0.4 is 0 Å². The van der Waals surface area contributed by atoms with Gasteiger partial charge in [-0.1, -0.05) is 19.3 Å². The van der Waals surface area contributed by atoms with Gasteiger partial charge < -0.3 is 0 Å². The standard InChI is InChI=1S/C12H16N2O2/c1-9(8-13)14-10(15)7-12(11(14)16)5-3-2-4-6-12/h9H,2-7H2,1H3. The number of hydrogen-bond donors (Lipinski definition) is 0. The second kappa shape index (κ2) is 3.89. The third kappa shape index (κ3) is 1.51. The first kappa shape index (κ1) is 11.1. The quantitative estimate of drug-likeness (QED) is 0.631. The van der Waals surface area contributed by atoms with Crippen LogP contribution in [0.15, 0.2) is 0 Å². The molecule has 0 aromatic heterocycles. The average molecular weight is 220 g/mol. The van der Waals surface area contributed by atoms with E-state index in [2.05, 4.69) is 0 Å². The number of hydrogen-bond acceptors (Lipinski definition) is 3. The Hall–Kier alpha value is -1.37. The third-order valence-corrected chi connectivity index (χ3v) is 3.82. The van der Waals surface area contributed by atoms with Crippen LogP contribution >= 0.6 is 0 Å². The summed E-state index contributed by atoms with van der Waals surface area (Å²) in [6.07, 6.45) is 5.13. The Balaban J connectivity index is 2.25. The van der Waals surface area contributed by atoms with E-state index in [1.165, 1.54) is 4.90 Å². The van der Waals surface area contributed by atoms with Gasteiger partial charge in [0, 0.05) is 6.42 Å². The van der Waals surface area contributed by atoms with Crippen molar-refractivity contribution in [2.45, 2.75) is 51.5 Å². The van der Waals surface area contributed by atoms with Crippen molar-refractivity contribution in [1.29, 1.82) is 5.26 Å². The normalized spacial score (nSPS) is 25.9. The lowest BCUT2D eigenvalue weighted by molar-refractivity contribution is -0.143. The summed E-state index contributed by atoms with van der Waals surface area (Å²) in [7, 11) is 0. The Morgan fingerprint density at radius 2 is 1.94 bits per heavy atom. The van der Waals surface area contributed by atoms with E-state index in [9.17, 15) is 9.59 Å². The molecule has 1 atom stereocenters. The van der Waals surface area contributed by atoms with Crippen molar-refractivity contribution in [1.82, 2.24) is 4.90 Å². The minimum Gasteiger partial charge on any atom is -0.274 e. The molecule has 0 N–H and O–H groups in total. The van der Waals surface area contributed by atoms with Gasteiger partial charge >= 0.3 is 0 Å². The highest BCUT2D eigenvalue weighted by Crippen LogP contribution is 2.45. The maximum Gasteiger partial charge on any atom is 0.237 e. The highest BCUT2D eigenvalue weighted by atomic mass is 16.2. The van der Waals surface area contributed by atoms with Crippen molar-refractivity contribution in [3.05, 3.63) is 0 Å². The van der Waals surface area contributed by atoms with Gasteiger partial charge in [-0.05, 0) is 19.8 Å². The van der Waals surface area contributed by atoms with Gasteiger partial charge in [-0.2, -0.15) is 5.26 Å². The Labute approximate surface area is 95.2 Å². The molecule has 2 aliphatic rings. The van der Waals surface area contributed by atoms with Crippen LogP contribution in [0, 0.1) is 16.7 Å². The number of imide groups is 1. The third-order valence-electron chi connectivity index (χ3n) is 3.82. The molecular weight excluding hydrogens is 204 g/mol. The molecule has 1 saturated heterocycles. The molecule has 0 radical (unpaired) electrons. The zero-order valence-corrected chi connectivity index (χ0v) is 9.53. The van der Waals surface area contributed by atoms with Gasteiger partial charge in [-0.25, -0.2) is 0 Å². The summed E-state index contributed by atoms with van der Waals surface area (Å²) in [5, 5.41) is 8.82. The van der Waals surface area contributed by atoms with E-state index < -0.39 is 11.5 Å². The zero-order valence-electron chi connectivity index (χ0n) is 9.53. The van der Waals surface area contributed by atoms with Crippen LogP contribution in [0.3, 0.4) is 0 Å². The number of rotatable bonds is 1. The summed E-state index contributed by atoms with van der Waals surface area (Å²) in [6, 6.07) is 1.35. The monoisotopic (exact) mass is 220 g/mol. The molecule has 1 unspecified atom stereocenters. The number of amides is 2.